The molecule has 5 heterocycles. The minimum absolute atomic E-state index is 0.0789. The van der Waals surface area contributed by atoms with Gasteiger partial charge in [0.25, 0.3) is 5.78 Å². The van der Waals surface area contributed by atoms with Crippen LogP contribution in [-0.2, 0) is 4.79 Å². The Labute approximate surface area is 191 Å². The second-order valence-corrected chi connectivity index (χ2v) is 9.27. The number of piperazine rings is 1. The molecule has 2 fully saturated rings. The minimum atomic E-state index is -0.747. The van der Waals surface area contributed by atoms with Crippen molar-refractivity contribution in [2.75, 3.05) is 49.9 Å². The highest BCUT2D eigenvalue weighted by Crippen LogP contribution is 2.26. The van der Waals surface area contributed by atoms with Gasteiger partial charge >= 0.3 is 0 Å². The van der Waals surface area contributed by atoms with Gasteiger partial charge in [-0.05, 0) is 38.8 Å². The summed E-state index contributed by atoms with van der Waals surface area (Å²) in [5, 5.41) is 14.4. The predicted octanol–water partition coefficient (Wildman–Crippen LogP) is 0.245. The van der Waals surface area contributed by atoms with E-state index in [9.17, 15) is 9.90 Å². The van der Waals surface area contributed by atoms with Crippen molar-refractivity contribution in [1.82, 2.24) is 34.4 Å². The fourth-order valence-electron chi connectivity index (χ4n) is 4.58. The van der Waals surface area contributed by atoms with Crippen molar-refractivity contribution >= 4 is 23.6 Å². The van der Waals surface area contributed by atoms with E-state index in [1.807, 2.05) is 9.80 Å². The minimum Gasteiger partial charge on any atom is -0.461 e. The highest BCUT2D eigenvalue weighted by Gasteiger charge is 2.37. The molecule has 1 atom stereocenters. The van der Waals surface area contributed by atoms with Gasteiger partial charge in [-0.2, -0.15) is 19.5 Å². The first-order valence-corrected chi connectivity index (χ1v) is 11.2. The van der Waals surface area contributed by atoms with E-state index in [2.05, 4.69) is 25.0 Å². The molecule has 12 nitrogen and oxygen atoms in total. The Morgan fingerprint density at radius 1 is 1.21 bits per heavy atom. The molecule has 12 heteroatoms. The molecule has 2 aliphatic rings. The Hall–Kier alpha value is -3.25. The standard InChI is InChI=1S/C21H29N9O3/c1-21(2,32)13-27-8-10-28(11-9-27)17(31)14-5-3-7-29(14)19-24-18(22)30-20(25-19)23-16(26-30)15-6-4-12-33-15/h4,6,12,14,32H,3,5,7-11,13H2,1-2H3,(H2,22,23,24,25,26)/t14-/m0/s1. The number of hydrogen-bond acceptors (Lipinski definition) is 10. The van der Waals surface area contributed by atoms with E-state index in [1.54, 1.807) is 32.2 Å². The third-order valence-corrected chi connectivity index (χ3v) is 6.05. The lowest BCUT2D eigenvalue weighted by Gasteiger charge is -2.39. The van der Waals surface area contributed by atoms with Gasteiger partial charge in [-0.25, -0.2) is 0 Å². The molecule has 2 aliphatic heterocycles. The maximum Gasteiger partial charge on any atom is 0.259 e. The molecule has 176 valence electrons. The molecule has 33 heavy (non-hydrogen) atoms. The average Bonchev–Trinajstić information content (AvgIpc) is 3.52. The molecule has 2 saturated heterocycles. The summed E-state index contributed by atoms with van der Waals surface area (Å²) in [6, 6.07) is 3.18. The maximum atomic E-state index is 13.4. The quantitative estimate of drug-likeness (QED) is 0.549. The monoisotopic (exact) mass is 455 g/mol. The highest BCUT2D eigenvalue weighted by molar-refractivity contribution is 5.85. The Kier molecular flexibility index (Phi) is 5.41. The summed E-state index contributed by atoms with van der Waals surface area (Å²) in [5.74, 6) is 1.81. The Bertz CT molecular complexity index is 1130. The van der Waals surface area contributed by atoms with E-state index in [4.69, 9.17) is 10.2 Å². The van der Waals surface area contributed by atoms with Crippen LogP contribution >= 0.6 is 0 Å². The van der Waals surface area contributed by atoms with Crippen LogP contribution in [0.3, 0.4) is 0 Å². The molecule has 5 rings (SSSR count). The zero-order valence-corrected chi connectivity index (χ0v) is 18.9. The van der Waals surface area contributed by atoms with Gasteiger partial charge in [0.1, 0.15) is 6.04 Å². The number of amides is 1. The number of carbonyl (C=O) groups excluding carboxylic acids is 1. The molecular weight excluding hydrogens is 426 g/mol. The number of anilines is 2. The summed E-state index contributed by atoms with van der Waals surface area (Å²) in [4.78, 5) is 32.8. The van der Waals surface area contributed by atoms with Crippen LogP contribution in [0.2, 0.25) is 0 Å². The molecule has 0 bridgehead atoms. The van der Waals surface area contributed by atoms with Crippen molar-refractivity contribution in [2.24, 2.45) is 0 Å². The SMILES string of the molecule is CC(C)(O)CN1CCN(C(=O)[C@@H]2CCCN2c2nc(N)n3nc(-c4ccco4)nc3n2)CC1. The molecule has 3 aromatic rings. The van der Waals surface area contributed by atoms with Crippen LogP contribution in [0.25, 0.3) is 17.4 Å². The van der Waals surface area contributed by atoms with Crippen LogP contribution in [0, 0.1) is 0 Å². The first-order chi connectivity index (χ1) is 15.8. The van der Waals surface area contributed by atoms with E-state index in [1.165, 1.54) is 4.52 Å². The van der Waals surface area contributed by atoms with Crippen LogP contribution in [0.15, 0.2) is 22.8 Å². The van der Waals surface area contributed by atoms with Crippen LogP contribution in [-0.4, -0.2) is 96.3 Å². The maximum absolute atomic E-state index is 13.4. The molecule has 0 aliphatic carbocycles. The third-order valence-electron chi connectivity index (χ3n) is 6.05. The van der Waals surface area contributed by atoms with Crippen molar-refractivity contribution in [3.05, 3.63) is 18.4 Å². The van der Waals surface area contributed by atoms with Crippen molar-refractivity contribution in [1.29, 1.82) is 0 Å². The van der Waals surface area contributed by atoms with Gasteiger partial charge < -0.3 is 25.1 Å². The van der Waals surface area contributed by atoms with Gasteiger partial charge in [-0.1, -0.05) is 0 Å². The van der Waals surface area contributed by atoms with E-state index >= 15 is 0 Å². The zero-order chi connectivity index (χ0) is 23.2. The molecule has 0 spiro atoms. The van der Waals surface area contributed by atoms with E-state index in [0.717, 1.165) is 25.9 Å². The first-order valence-electron chi connectivity index (χ1n) is 11.2. The lowest BCUT2D eigenvalue weighted by Crippen LogP contribution is -2.55. The fourth-order valence-corrected chi connectivity index (χ4v) is 4.58. The van der Waals surface area contributed by atoms with Crippen LogP contribution in [0.1, 0.15) is 26.7 Å². The highest BCUT2D eigenvalue weighted by atomic mass is 16.3. The van der Waals surface area contributed by atoms with Gasteiger partial charge in [-0.3, -0.25) is 9.69 Å². The lowest BCUT2D eigenvalue weighted by molar-refractivity contribution is -0.134. The number of β-amino-alcohol motifs (C(OH)–C–C–N with tert-alkyl or cyclic N) is 1. The van der Waals surface area contributed by atoms with Gasteiger partial charge in [0.05, 0.1) is 11.9 Å². The summed E-state index contributed by atoms with van der Waals surface area (Å²) >= 11 is 0. The summed E-state index contributed by atoms with van der Waals surface area (Å²) < 4.78 is 6.73. The number of rotatable bonds is 5. The summed E-state index contributed by atoms with van der Waals surface area (Å²) in [6.45, 7) is 7.63. The number of nitrogens with zero attached hydrogens (tertiary/aromatic N) is 8. The Morgan fingerprint density at radius 2 is 2.00 bits per heavy atom. The number of hydrogen-bond donors (Lipinski definition) is 2. The molecule has 0 saturated carbocycles. The van der Waals surface area contributed by atoms with E-state index < -0.39 is 5.60 Å². The largest absolute Gasteiger partial charge is 0.461 e. The zero-order valence-electron chi connectivity index (χ0n) is 18.9. The molecule has 0 aromatic carbocycles. The van der Waals surface area contributed by atoms with Crippen LogP contribution in [0.5, 0.6) is 0 Å². The number of furan rings is 1. The smallest absolute Gasteiger partial charge is 0.259 e. The first kappa shape index (κ1) is 21.6. The lowest BCUT2D eigenvalue weighted by atomic mass is 10.1. The molecule has 1 amide bonds. The summed E-state index contributed by atoms with van der Waals surface area (Å²) in [6.07, 6.45) is 3.15. The number of aromatic nitrogens is 5. The number of nitrogen functional groups attached to an aromatic ring is 1. The van der Waals surface area contributed by atoms with Crippen molar-refractivity contribution < 1.29 is 14.3 Å². The summed E-state index contributed by atoms with van der Waals surface area (Å²) in [5.41, 5.74) is 5.40. The van der Waals surface area contributed by atoms with Gasteiger partial charge in [0.2, 0.25) is 23.6 Å². The summed E-state index contributed by atoms with van der Waals surface area (Å²) in [7, 11) is 0. The Morgan fingerprint density at radius 3 is 2.70 bits per heavy atom. The van der Waals surface area contributed by atoms with Gasteiger partial charge in [0.15, 0.2) is 5.76 Å². The van der Waals surface area contributed by atoms with Crippen LogP contribution in [0.4, 0.5) is 11.9 Å². The molecule has 3 N–H and O–H groups in total. The molecule has 0 radical (unpaired) electrons. The number of nitrogens with two attached hydrogens (primary N) is 1. The number of aliphatic hydroxyl groups is 1. The molecule has 0 unspecified atom stereocenters. The molecular formula is C21H29N9O3. The predicted molar refractivity (Wildman–Crippen MR) is 120 cm³/mol. The Balaban J connectivity index is 1.33. The van der Waals surface area contributed by atoms with E-state index in [0.29, 0.717) is 49.5 Å². The topological polar surface area (TPSA) is 142 Å². The van der Waals surface area contributed by atoms with Crippen molar-refractivity contribution in [3.8, 4) is 11.6 Å². The third kappa shape index (κ3) is 4.35. The van der Waals surface area contributed by atoms with Crippen LogP contribution < -0.4 is 10.6 Å². The van der Waals surface area contributed by atoms with E-state index in [-0.39, 0.29) is 17.9 Å². The van der Waals surface area contributed by atoms with Gasteiger partial charge in [0, 0.05) is 39.3 Å². The number of fused-ring (bicyclic) bond motifs is 1. The second kappa shape index (κ2) is 8.27. The fraction of sp³-hybridized carbons (Fsp3) is 0.571. The van der Waals surface area contributed by atoms with Gasteiger partial charge in [-0.15, -0.1) is 5.10 Å². The average molecular weight is 456 g/mol. The van der Waals surface area contributed by atoms with Crippen molar-refractivity contribution in [3.63, 3.8) is 0 Å². The second-order valence-electron chi connectivity index (χ2n) is 9.27. The molecule has 3 aromatic heterocycles. The normalized spacial score (nSPS) is 20.2. The van der Waals surface area contributed by atoms with Crippen molar-refractivity contribution in [2.45, 2.75) is 38.3 Å². The number of carbonyl (C=O) groups is 1.